The van der Waals surface area contributed by atoms with E-state index in [1.54, 1.807) is 43.4 Å². The average Bonchev–Trinajstić information content (AvgIpc) is 2.91. The van der Waals surface area contributed by atoms with Crippen molar-refractivity contribution in [1.29, 1.82) is 0 Å². The molecule has 3 aromatic rings. The zero-order chi connectivity index (χ0) is 25.7. The number of nitro benzene ring substituents is 1. The molecular weight excluding hydrogens is 464 g/mol. The van der Waals surface area contributed by atoms with Crippen LogP contribution < -0.4 is 18.9 Å². The van der Waals surface area contributed by atoms with E-state index >= 15 is 0 Å². The van der Waals surface area contributed by atoms with Crippen LogP contribution in [-0.2, 0) is 6.42 Å². The lowest BCUT2D eigenvalue weighted by Gasteiger charge is -2.38. The summed E-state index contributed by atoms with van der Waals surface area (Å²) in [4.78, 5) is 26.1. The van der Waals surface area contributed by atoms with Crippen LogP contribution in [-0.4, -0.2) is 49.7 Å². The standard InChI is InChI=1S/C27H28N2O7/c1-4-35-24-8-6-5-7-21(24)27(30)28-14-13-18-15-25(33-2)26(34-3)16-22(18)23(28)17-36-20-11-9-19(10-12-20)29(31)32/h5-12,15-16,23H,4,13-14,17H2,1-3H3/t23-/m0/s1. The quantitative estimate of drug-likeness (QED) is 0.312. The molecule has 1 atom stereocenters. The summed E-state index contributed by atoms with van der Waals surface area (Å²) in [5, 5.41) is 11.0. The highest BCUT2D eigenvalue weighted by atomic mass is 16.6. The third-order valence-electron chi connectivity index (χ3n) is 6.14. The van der Waals surface area contributed by atoms with Crippen LogP contribution in [0, 0.1) is 10.1 Å². The molecule has 0 N–H and O–H groups in total. The summed E-state index contributed by atoms with van der Waals surface area (Å²) in [5.74, 6) is 2.00. The third-order valence-corrected chi connectivity index (χ3v) is 6.14. The van der Waals surface area contributed by atoms with Crippen molar-refractivity contribution in [3.63, 3.8) is 0 Å². The molecule has 0 aromatic heterocycles. The number of ether oxygens (including phenoxy) is 4. The number of benzene rings is 3. The van der Waals surface area contributed by atoms with Gasteiger partial charge < -0.3 is 23.8 Å². The first-order valence-corrected chi connectivity index (χ1v) is 11.6. The Kier molecular flexibility index (Phi) is 7.58. The molecule has 0 unspecified atom stereocenters. The summed E-state index contributed by atoms with van der Waals surface area (Å²) >= 11 is 0. The maximum atomic E-state index is 13.8. The lowest BCUT2D eigenvalue weighted by atomic mass is 9.91. The minimum atomic E-state index is -0.461. The number of methoxy groups -OCH3 is 2. The predicted molar refractivity (Wildman–Crippen MR) is 133 cm³/mol. The molecule has 3 aromatic carbocycles. The van der Waals surface area contributed by atoms with Gasteiger partial charge in [0.2, 0.25) is 0 Å². The number of carbonyl (C=O) groups is 1. The van der Waals surface area contributed by atoms with Crippen LogP contribution in [0.5, 0.6) is 23.0 Å². The summed E-state index contributed by atoms with van der Waals surface area (Å²) in [6, 6.07) is 16.4. The minimum Gasteiger partial charge on any atom is -0.493 e. The van der Waals surface area contributed by atoms with Crippen LogP contribution >= 0.6 is 0 Å². The molecule has 1 aliphatic heterocycles. The number of rotatable bonds is 9. The Labute approximate surface area is 209 Å². The Morgan fingerprint density at radius 1 is 1.00 bits per heavy atom. The molecule has 4 rings (SSSR count). The Morgan fingerprint density at radius 2 is 1.69 bits per heavy atom. The van der Waals surface area contributed by atoms with E-state index in [9.17, 15) is 14.9 Å². The zero-order valence-corrected chi connectivity index (χ0v) is 20.4. The average molecular weight is 493 g/mol. The molecule has 0 radical (unpaired) electrons. The highest BCUT2D eigenvalue weighted by Crippen LogP contribution is 2.39. The molecule has 36 heavy (non-hydrogen) atoms. The lowest BCUT2D eigenvalue weighted by molar-refractivity contribution is -0.384. The molecule has 1 heterocycles. The van der Waals surface area contributed by atoms with E-state index in [1.165, 1.54) is 12.1 Å². The van der Waals surface area contributed by atoms with Crippen LogP contribution in [0.3, 0.4) is 0 Å². The van der Waals surface area contributed by atoms with Crippen molar-refractivity contribution < 1.29 is 28.7 Å². The summed E-state index contributed by atoms with van der Waals surface area (Å²) in [6.45, 7) is 2.93. The first-order valence-electron chi connectivity index (χ1n) is 11.6. The van der Waals surface area contributed by atoms with E-state index in [0.717, 1.165) is 11.1 Å². The number of nitrogens with zero attached hydrogens (tertiary/aromatic N) is 2. The molecule has 0 saturated carbocycles. The molecule has 188 valence electrons. The van der Waals surface area contributed by atoms with Crippen LogP contribution in [0.25, 0.3) is 0 Å². The number of amides is 1. The van der Waals surface area contributed by atoms with Gasteiger partial charge in [0.25, 0.3) is 11.6 Å². The van der Waals surface area contributed by atoms with Gasteiger partial charge >= 0.3 is 0 Å². The molecule has 0 spiro atoms. The van der Waals surface area contributed by atoms with E-state index < -0.39 is 11.0 Å². The smallest absolute Gasteiger partial charge is 0.269 e. The Hall–Kier alpha value is -4.27. The Morgan fingerprint density at radius 3 is 2.36 bits per heavy atom. The van der Waals surface area contributed by atoms with Gasteiger partial charge in [0.15, 0.2) is 11.5 Å². The van der Waals surface area contributed by atoms with E-state index in [-0.39, 0.29) is 18.2 Å². The van der Waals surface area contributed by atoms with Crippen molar-refractivity contribution in [1.82, 2.24) is 4.90 Å². The second-order valence-corrected chi connectivity index (χ2v) is 8.16. The van der Waals surface area contributed by atoms with Gasteiger partial charge in [-0.1, -0.05) is 12.1 Å². The highest BCUT2D eigenvalue weighted by Gasteiger charge is 2.34. The molecule has 1 amide bonds. The van der Waals surface area contributed by atoms with Crippen molar-refractivity contribution in [3.8, 4) is 23.0 Å². The molecular formula is C27H28N2O7. The number of fused-ring (bicyclic) bond motifs is 1. The van der Waals surface area contributed by atoms with Gasteiger partial charge in [0, 0.05) is 18.7 Å². The normalized spacial score (nSPS) is 14.5. The van der Waals surface area contributed by atoms with Gasteiger partial charge in [-0.15, -0.1) is 0 Å². The molecule has 0 saturated heterocycles. The fourth-order valence-corrected chi connectivity index (χ4v) is 4.37. The third kappa shape index (κ3) is 5.05. The van der Waals surface area contributed by atoms with Crippen LogP contribution in [0.4, 0.5) is 5.69 Å². The van der Waals surface area contributed by atoms with Gasteiger partial charge in [0.05, 0.1) is 37.4 Å². The first kappa shape index (κ1) is 24.8. The fraction of sp³-hybridized carbons (Fsp3) is 0.296. The van der Waals surface area contributed by atoms with E-state index in [0.29, 0.717) is 48.1 Å². The number of hydrogen-bond acceptors (Lipinski definition) is 7. The second-order valence-electron chi connectivity index (χ2n) is 8.16. The van der Waals surface area contributed by atoms with Crippen LogP contribution in [0.1, 0.15) is 34.5 Å². The zero-order valence-electron chi connectivity index (χ0n) is 20.4. The fourth-order valence-electron chi connectivity index (χ4n) is 4.37. The summed E-state index contributed by atoms with van der Waals surface area (Å²) < 4.78 is 22.8. The first-order chi connectivity index (χ1) is 17.5. The molecule has 0 fully saturated rings. The molecule has 9 heteroatoms. The SMILES string of the molecule is CCOc1ccccc1C(=O)N1CCc2cc(OC)c(OC)cc2[C@@H]1COc1ccc([N+](=O)[O-])cc1. The highest BCUT2D eigenvalue weighted by molar-refractivity contribution is 5.97. The van der Waals surface area contributed by atoms with Gasteiger partial charge in [0.1, 0.15) is 18.1 Å². The monoisotopic (exact) mass is 492 g/mol. The second kappa shape index (κ2) is 11.0. The number of nitro groups is 1. The Bertz CT molecular complexity index is 1240. The predicted octanol–water partition coefficient (Wildman–Crippen LogP) is 4.83. The van der Waals surface area contributed by atoms with E-state index in [2.05, 4.69) is 0 Å². The van der Waals surface area contributed by atoms with Crippen molar-refractivity contribution in [2.24, 2.45) is 0 Å². The Balaban J connectivity index is 1.70. The topological polar surface area (TPSA) is 100 Å². The van der Waals surface area contributed by atoms with Crippen molar-refractivity contribution in [2.75, 3.05) is 34.0 Å². The van der Waals surface area contributed by atoms with Gasteiger partial charge in [-0.05, 0) is 60.9 Å². The maximum Gasteiger partial charge on any atom is 0.269 e. The number of carbonyl (C=O) groups excluding carboxylic acids is 1. The lowest BCUT2D eigenvalue weighted by Crippen LogP contribution is -2.42. The maximum absolute atomic E-state index is 13.8. The van der Waals surface area contributed by atoms with Crippen LogP contribution in [0.15, 0.2) is 60.7 Å². The number of hydrogen-bond donors (Lipinski definition) is 0. The summed E-state index contributed by atoms with van der Waals surface area (Å²) in [6.07, 6.45) is 0.631. The largest absolute Gasteiger partial charge is 0.493 e. The number of non-ortho nitro benzene ring substituents is 1. The van der Waals surface area contributed by atoms with Gasteiger partial charge in [-0.3, -0.25) is 14.9 Å². The summed E-state index contributed by atoms with van der Waals surface area (Å²) in [5.41, 5.74) is 2.38. The molecule has 0 bridgehead atoms. The van der Waals surface area contributed by atoms with Crippen LogP contribution in [0.2, 0.25) is 0 Å². The van der Waals surface area contributed by atoms with Gasteiger partial charge in [-0.2, -0.15) is 0 Å². The van der Waals surface area contributed by atoms with Crippen molar-refractivity contribution in [3.05, 3.63) is 87.5 Å². The van der Waals surface area contributed by atoms with Crippen molar-refractivity contribution >= 4 is 11.6 Å². The van der Waals surface area contributed by atoms with E-state index in [4.69, 9.17) is 18.9 Å². The van der Waals surface area contributed by atoms with Crippen molar-refractivity contribution in [2.45, 2.75) is 19.4 Å². The molecule has 0 aliphatic carbocycles. The number of para-hydroxylation sites is 1. The van der Waals surface area contributed by atoms with Gasteiger partial charge in [-0.25, -0.2) is 0 Å². The summed E-state index contributed by atoms with van der Waals surface area (Å²) in [7, 11) is 3.15. The molecule has 1 aliphatic rings. The van der Waals surface area contributed by atoms with E-state index in [1.807, 2.05) is 31.2 Å². The molecule has 9 nitrogen and oxygen atoms in total. The minimum absolute atomic E-state index is 0.0217.